The lowest BCUT2D eigenvalue weighted by atomic mass is 9.99. The van der Waals surface area contributed by atoms with Crippen LogP contribution in [0.5, 0.6) is 11.5 Å². The van der Waals surface area contributed by atoms with Crippen LogP contribution in [0.15, 0.2) is 42.6 Å². The zero-order chi connectivity index (χ0) is 18.9. The van der Waals surface area contributed by atoms with Crippen molar-refractivity contribution in [1.29, 1.82) is 0 Å². The summed E-state index contributed by atoms with van der Waals surface area (Å²) in [6.07, 6.45) is 1.59. The molecule has 7 nitrogen and oxygen atoms in total. The van der Waals surface area contributed by atoms with Crippen LogP contribution in [-0.4, -0.2) is 35.6 Å². The van der Waals surface area contributed by atoms with Gasteiger partial charge in [0.25, 0.3) is 17.4 Å². The van der Waals surface area contributed by atoms with Gasteiger partial charge >= 0.3 is 0 Å². The Hall–Kier alpha value is -3.09. The highest BCUT2D eigenvalue weighted by Crippen LogP contribution is 2.37. The Morgan fingerprint density at radius 3 is 2.58 bits per heavy atom. The maximum atomic E-state index is 13.1. The van der Waals surface area contributed by atoms with E-state index >= 15 is 0 Å². The van der Waals surface area contributed by atoms with E-state index < -0.39 is 17.4 Å². The summed E-state index contributed by atoms with van der Waals surface area (Å²) in [5.74, 6) is 0.484. The van der Waals surface area contributed by atoms with Crippen molar-refractivity contribution in [1.82, 2.24) is 4.98 Å². The number of benzene rings is 1. The SMILES string of the molecule is COc1ccc(NC(=O)[C@@]2(C)Oc3cccnc3N(C(C)C)C2=O)cc1. The number of carbonyl (C=O) groups excluding carboxylic acids is 2. The van der Waals surface area contributed by atoms with E-state index in [-0.39, 0.29) is 6.04 Å². The van der Waals surface area contributed by atoms with Crippen LogP contribution in [-0.2, 0) is 9.59 Å². The smallest absolute Gasteiger partial charge is 0.282 e. The van der Waals surface area contributed by atoms with Crippen molar-refractivity contribution in [3.8, 4) is 11.5 Å². The van der Waals surface area contributed by atoms with Crippen molar-refractivity contribution in [2.24, 2.45) is 0 Å². The minimum Gasteiger partial charge on any atom is -0.497 e. The molecule has 0 radical (unpaired) electrons. The van der Waals surface area contributed by atoms with Crippen LogP contribution in [0.25, 0.3) is 0 Å². The molecule has 7 heteroatoms. The monoisotopic (exact) mass is 355 g/mol. The number of fused-ring (bicyclic) bond motifs is 1. The van der Waals surface area contributed by atoms with E-state index in [1.54, 1.807) is 49.7 Å². The first-order valence-corrected chi connectivity index (χ1v) is 8.30. The van der Waals surface area contributed by atoms with Crippen molar-refractivity contribution >= 4 is 23.3 Å². The lowest BCUT2D eigenvalue weighted by Crippen LogP contribution is -2.62. The summed E-state index contributed by atoms with van der Waals surface area (Å²) in [5, 5.41) is 2.74. The maximum Gasteiger partial charge on any atom is 0.282 e. The molecule has 2 amide bonds. The summed E-state index contributed by atoms with van der Waals surface area (Å²) in [7, 11) is 1.56. The molecule has 0 bridgehead atoms. The normalized spacial score (nSPS) is 19.0. The molecular formula is C19H21N3O4. The number of nitrogens with one attached hydrogen (secondary N) is 1. The molecule has 0 spiro atoms. The van der Waals surface area contributed by atoms with Gasteiger partial charge in [0.05, 0.1) is 7.11 Å². The van der Waals surface area contributed by atoms with E-state index in [2.05, 4.69) is 10.3 Å². The lowest BCUT2D eigenvalue weighted by Gasteiger charge is -2.40. The number of nitrogens with zero attached hydrogens (tertiary/aromatic N) is 2. The molecule has 1 atom stereocenters. The molecule has 2 aromatic rings. The van der Waals surface area contributed by atoms with Crippen LogP contribution in [0.2, 0.25) is 0 Å². The van der Waals surface area contributed by atoms with Gasteiger partial charge in [-0.05, 0) is 57.2 Å². The molecule has 3 rings (SSSR count). The number of anilines is 2. The van der Waals surface area contributed by atoms with Gasteiger partial charge in [0.1, 0.15) is 5.75 Å². The molecule has 0 aliphatic carbocycles. The highest BCUT2D eigenvalue weighted by atomic mass is 16.5. The van der Waals surface area contributed by atoms with Gasteiger partial charge in [-0.15, -0.1) is 0 Å². The number of rotatable bonds is 4. The minimum absolute atomic E-state index is 0.173. The minimum atomic E-state index is -1.69. The summed E-state index contributed by atoms with van der Waals surface area (Å²) in [5.41, 5.74) is -1.15. The first-order chi connectivity index (χ1) is 12.4. The molecule has 26 heavy (non-hydrogen) atoms. The Morgan fingerprint density at radius 2 is 1.96 bits per heavy atom. The van der Waals surface area contributed by atoms with Gasteiger partial charge in [0.15, 0.2) is 11.6 Å². The van der Waals surface area contributed by atoms with Crippen LogP contribution < -0.4 is 19.7 Å². The Balaban J connectivity index is 1.92. The van der Waals surface area contributed by atoms with E-state index in [4.69, 9.17) is 9.47 Å². The van der Waals surface area contributed by atoms with Gasteiger partial charge in [-0.25, -0.2) is 4.98 Å². The van der Waals surface area contributed by atoms with E-state index in [1.165, 1.54) is 11.8 Å². The van der Waals surface area contributed by atoms with Crippen molar-refractivity contribution in [3.63, 3.8) is 0 Å². The Kier molecular flexibility index (Phi) is 4.54. The van der Waals surface area contributed by atoms with E-state index in [0.717, 1.165) is 0 Å². The first kappa shape index (κ1) is 17.7. The molecule has 0 fully saturated rings. The van der Waals surface area contributed by atoms with Crippen LogP contribution in [0.3, 0.4) is 0 Å². The average Bonchev–Trinajstić information content (AvgIpc) is 2.63. The molecule has 0 unspecified atom stereocenters. The molecule has 1 N–H and O–H groups in total. The molecule has 1 aliphatic heterocycles. The molecule has 136 valence electrons. The summed E-state index contributed by atoms with van der Waals surface area (Å²) in [6, 6.07) is 10.1. The number of hydrogen-bond acceptors (Lipinski definition) is 5. The summed E-state index contributed by atoms with van der Waals surface area (Å²) >= 11 is 0. The Labute approximate surface area is 151 Å². The number of ether oxygens (including phenoxy) is 2. The molecule has 1 aliphatic rings. The van der Waals surface area contributed by atoms with Crippen LogP contribution >= 0.6 is 0 Å². The number of pyridine rings is 1. The summed E-state index contributed by atoms with van der Waals surface area (Å²) < 4.78 is 10.9. The second-order valence-corrected chi connectivity index (χ2v) is 6.41. The zero-order valence-electron chi connectivity index (χ0n) is 15.1. The van der Waals surface area contributed by atoms with Crippen molar-refractivity contribution in [3.05, 3.63) is 42.6 Å². The third-order valence-electron chi connectivity index (χ3n) is 4.22. The highest BCUT2D eigenvalue weighted by molar-refractivity contribution is 6.19. The predicted octanol–water partition coefficient (Wildman–Crippen LogP) is 2.62. The van der Waals surface area contributed by atoms with Gasteiger partial charge in [-0.1, -0.05) is 0 Å². The quantitative estimate of drug-likeness (QED) is 0.853. The van der Waals surface area contributed by atoms with Gasteiger partial charge in [0, 0.05) is 17.9 Å². The molecule has 1 aromatic heterocycles. The number of aromatic nitrogens is 1. The number of carbonyl (C=O) groups is 2. The van der Waals surface area contributed by atoms with Gasteiger partial charge in [-0.2, -0.15) is 0 Å². The fourth-order valence-electron chi connectivity index (χ4n) is 2.78. The molecule has 1 aromatic carbocycles. The molecule has 2 heterocycles. The predicted molar refractivity (Wildman–Crippen MR) is 97.5 cm³/mol. The maximum absolute atomic E-state index is 13.1. The third-order valence-corrected chi connectivity index (χ3v) is 4.22. The topological polar surface area (TPSA) is 80.8 Å². The van der Waals surface area contributed by atoms with E-state index in [1.807, 2.05) is 13.8 Å². The van der Waals surface area contributed by atoms with Crippen molar-refractivity contribution in [2.75, 3.05) is 17.3 Å². The molecule has 0 saturated heterocycles. The number of methoxy groups -OCH3 is 1. The van der Waals surface area contributed by atoms with Gasteiger partial charge < -0.3 is 14.8 Å². The van der Waals surface area contributed by atoms with Gasteiger partial charge in [-0.3, -0.25) is 14.5 Å². The standard InChI is InChI=1S/C19H21N3O4/c1-12(2)22-16-15(6-5-11-20-16)26-19(3,18(22)24)17(23)21-13-7-9-14(25-4)10-8-13/h5-12H,1-4H3,(H,21,23)/t19-/m1/s1. The third kappa shape index (κ3) is 2.96. The first-order valence-electron chi connectivity index (χ1n) is 8.30. The largest absolute Gasteiger partial charge is 0.497 e. The van der Waals surface area contributed by atoms with E-state index in [0.29, 0.717) is 23.0 Å². The average molecular weight is 355 g/mol. The highest BCUT2D eigenvalue weighted by Gasteiger charge is 2.51. The van der Waals surface area contributed by atoms with Crippen molar-refractivity contribution in [2.45, 2.75) is 32.4 Å². The lowest BCUT2D eigenvalue weighted by molar-refractivity contribution is -0.145. The molecular weight excluding hydrogens is 334 g/mol. The Bertz CT molecular complexity index is 835. The molecule has 0 saturated carbocycles. The second-order valence-electron chi connectivity index (χ2n) is 6.41. The van der Waals surface area contributed by atoms with Crippen LogP contribution in [0.4, 0.5) is 11.5 Å². The summed E-state index contributed by atoms with van der Waals surface area (Å²) in [6.45, 7) is 5.20. The van der Waals surface area contributed by atoms with Crippen LogP contribution in [0.1, 0.15) is 20.8 Å². The van der Waals surface area contributed by atoms with E-state index in [9.17, 15) is 9.59 Å². The second kappa shape index (κ2) is 6.67. The van der Waals surface area contributed by atoms with Crippen molar-refractivity contribution < 1.29 is 19.1 Å². The summed E-state index contributed by atoms with van der Waals surface area (Å²) in [4.78, 5) is 31.7. The number of amides is 2. The fourth-order valence-corrected chi connectivity index (χ4v) is 2.78. The number of hydrogen-bond donors (Lipinski definition) is 1. The van der Waals surface area contributed by atoms with Gasteiger partial charge in [0.2, 0.25) is 0 Å². The fraction of sp³-hybridized carbons (Fsp3) is 0.316. The zero-order valence-corrected chi connectivity index (χ0v) is 15.1. The Morgan fingerprint density at radius 1 is 1.27 bits per heavy atom. The van der Waals surface area contributed by atoms with Crippen LogP contribution in [0, 0.1) is 0 Å².